The van der Waals surface area contributed by atoms with Gasteiger partial charge in [0, 0.05) is 10.7 Å². The van der Waals surface area contributed by atoms with Gasteiger partial charge >= 0.3 is 0 Å². The summed E-state index contributed by atoms with van der Waals surface area (Å²) in [6, 6.07) is 10.8. The van der Waals surface area contributed by atoms with Gasteiger partial charge in [-0.05, 0) is 42.7 Å². The number of hydrogen-bond acceptors (Lipinski definition) is 1. The zero-order valence-electron chi connectivity index (χ0n) is 11.4. The van der Waals surface area contributed by atoms with Crippen LogP contribution < -0.4 is 5.32 Å². The number of para-hydroxylation sites is 1. The highest BCUT2D eigenvalue weighted by atomic mass is 35.5. The molecule has 2 rings (SSSR count). The molecular weight excluding hydrogens is 296 g/mol. The summed E-state index contributed by atoms with van der Waals surface area (Å²) in [5, 5.41) is 3.88. The second-order valence-electron chi connectivity index (χ2n) is 4.66. The second kappa shape index (κ2) is 6.47. The minimum Gasteiger partial charge on any atom is -0.378 e. The molecule has 0 saturated carbocycles. The van der Waals surface area contributed by atoms with Crippen LogP contribution in [0.1, 0.15) is 31.0 Å². The van der Waals surface area contributed by atoms with Crippen molar-refractivity contribution in [3.05, 3.63) is 63.4 Å². The summed E-state index contributed by atoms with van der Waals surface area (Å²) in [6.45, 7) is 4.04. The quantitative estimate of drug-likeness (QED) is 0.696. The molecule has 4 heteroatoms. The summed E-state index contributed by atoms with van der Waals surface area (Å²) < 4.78 is 13.6. The highest BCUT2D eigenvalue weighted by Gasteiger charge is 2.14. The van der Waals surface area contributed by atoms with E-state index in [1.807, 2.05) is 25.1 Å². The van der Waals surface area contributed by atoms with Crippen molar-refractivity contribution in [1.29, 1.82) is 0 Å². The van der Waals surface area contributed by atoms with Crippen LogP contribution in [0.15, 0.2) is 36.4 Å². The SMILES string of the molecule is CCc1ccccc1NC(C)c1cc(F)c(Cl)cc1Cl. The first-order valence-corrected chi connectivity index (χ1v) is 7.27. The van der Waals surface area contributed by atoms with Crippen LogP contribution in [0.4, 0.5) is 10.1 Å². The van der Waals surface area contributed by atoms with Crippen molar-refractivity contribution in [2.75, 3.05) is 5.32 Å². The zero-order valence-corrected chi connectivity index (χ0v) is 12.9. The molecule has 0 aromatic heterocycles. The molecule has 2 aromatic carbocycles. The molecule has 1 nitrogen and oxygen atoms in total. The van der Waals surface area contributed by atoms with E-state index in [0.29, 0.717) is 10.6 Å². The molecule has 0 aliphatic rings. The monoisotopic (exact) mass is 311 g/mol. The van der Waals surface area contributed by atoms with Gasteiger partial charge in [-0.25, -0.2) is 4.39 Å². The van der Waals surface area contributed by atoms with E-state index in [4.69, 9.17) is 23.2 Å². The molecule has 0 spiro atoms. The van der Waals surface area contributed by atoms with Gasteiger partial charge in [0.1, 0.15) is 5.82 Å². The van der Waals surface area contributed by atoms with Crippen LogP contribution in [-0.2, 0) is 6.42 Å². The number of halogens is 3. The maximum atomic E-state index is 13.6. The molecule has 20 heavy (non-hydrogen) atoms. The van der Waals surface area contributed by atoms with Gasteiger partial charge in [-0.1, -0.05) is 48.3 Å². The predicted octanol–water partition coefficient (Wildman–Crippen LogP) is 5.87. The average molecular weight is 312 g/mol. The van der Waals surface area contributed by atoms with Crippen LogP contribution in [0, 0.1) is 5.82 Å². The third-order valence-corrected chi connectivity index (χ3v) is 3.89. The lowest BCUT2D eigenvalue weighted by atomic mass is 10.1. The van der Waals surface area contributed by atoms with Crippen molar-refractivity contribution in [3.63, 3.8) is 0 Å². The summed E-state index contributed by atoms with van der Waals surface area (Å²) >= 11 is 11.9. The summed E-state index contributed by atoms with van der Waals surface area (Å²) in [5.74, 6) is -0.455. The lowest BCUT2D eigenvalue weighted by Gasteiger charge is -2.19. The Morgan fingerprint density at radius 3 is 2.55 bits per heavy atom. The average Bonchev–Trinajstić information content (AvgIpc) is 2.43. The van der Waals surface area contributed by atoms with Gasteiger partial charge in [-0.15, -0.1) is 0 Å². The molecule has 0 radical (unpaired) electrons. The Morgan fingerprint density at radius 2 is 1.85 bits per heavy atom. The number of benzene rings is 2. The summed E-state index contributed by atoms with van der Waals surface area (Å²) in [6.07, 6.45) is 0.929. The Morgan fingerprint density at radius 1 is 1.15 bits per heavy atom. The van der Waals surface area contributed by atoms with Crippen LogP contribution in [0.25, 0.3) is 0 Å². The first kappa shape index (κ1) is 15.1. The summed E-state index contributed by atoms with van der Waals surface area (Å²) in [7, 11) is 0. The Bertz CT molecular complexity index is 613. The highest BCUT2D eigenvalue weighted by Crippen LogP contribution is 2.31. The first-order chi connectivity index (χ1) is 9.52. The molecule has 0 saturated heterocycles. The molecule has 106 valence electrons. The minimum absolute atomic E-state index is 0.0416. The van der Waals surface area contributed by atoms with Gasteiger partial charge in [0.2, 0.25) is 0 Å². The molecule has 0 fully saturated rings. The molecular formula is C16H16Cl2FN. The Kier molecular flexibility index (Phi) is 4.90. The van der Waals surface area contributed by atoms with E-state index in [0.717, 1.165) is 12.1 Å². The van der Waals surface area contributed by atoms with E-state index in [1.165, 1.54) is 17.7 Å². The molecule has 0 aliphatic carbocycles. The van der Waals surface area contributed by atoms with Crippen LogP contribution in [0.2, 0.25) is 10.0 Å². The fourth-order valence-electron chi connectivity index (χ4n) is 2.15. The van der Waals surface area contributed by atoms with Crippen molar-refractivity contribution in [1.82, 2.24) is 0 Å². The molecule has 0 aliphatic heterocycles. The Labute approximate surface area is 128 Å². The van der Waals surface area contributed by atoms with Crippen molar-refractivity contribution in [3.8, 4) is 0 Å². The van der Waals surface area contributed by atoms with E-state index in [1.54, 1.807) is 0 Å². The Balaban J connectivity index is 2.28. The number of anilines is 1. The topological polar surface area (TPSA) is 12.0 Å². The molecule has 0 amide bonds. The molecule has 1 unspecified atom stereocenters. The van der Waals surface area contributed by atoms with Gasteiger partial charge in [0.05, 0.1) is 11.1 Å². The van der Waals surface area contributed by atoms with E-state index >= 15 is 0 Å². The van der Waals surface area contributed by atoms with E-state index < -0.39 is 5.82 Å². The second-order valence-corrected chi connectivity index (χ2v) is 5.48. The van der Waals surface area contributed by atoms with Crippen molar-refractivity contribution in [2.45, 2.75) is 26.3 Å². The molecule has 0 heterocycles. The largest absolute Gasteiger partial charge is 0.378 e. The van der Waals surface area contributed by atoms with E-state index in [2.05, 4.69) is 18.3 Å². The molecule has 1 N–H and O–H groups in total. The van der Waals surface area contributed by atoms with Crippen molar-refractivity contribution in [2.24, 2.45) is 0 Å². The third-order valence-electron chi connectivity index (χ3n) is 3.28. The lowest BCUT2D eigenvalue weighted by Crippen LogP contribution is -2.09. The first-order valence-electron chi connectivity index (χ1n) is 6.51. The lowest BCUT2D eigenvalue weighted by molar-refractivity contribution is 0.624. The number of rotatable bonds is 4. The predicted molar refractivity (Wildman–Crippen MR) is 84.3 cm³/mol. The maximum Gasteiger partial charge on any atom is 0.142 e. The van der Waals surface area contributed by atoms with E-state index in [9.17, 15) is 4.39 Å². The van der Waals surface area contributed by atoms with Gasteiger partial charge < -0.3 is 5.32 Å². The third kappa shape index (κ3) is 3.25. The highest BCUT2D eigenvalue weighted by molar-refractivity contribution is 6.35. The zero-order chi connectivity index (χ0) is 14.7. The standard InChI is InChI=1S/C16H16Cl2FN/c1-3-11-6-4-5-7-16(11)20-10(2)12-8-15(19)14(18)9-13(12)17/h4-10,20H,3H2,1-2H3. The normalized spacial score (nSPS) is 12.2. The Hall–Kier alpha value is -1.25. The fraction of sp³-hybridized carbons (Fsp3) is 0.250. The van der Waals surface area contributed by atoms with Gasteiger partial charge in [0.15, 0.2) is 0 Å². The molecule has 0 bridgehead atoms. The summed E-state index contributed by atoms with van der Waals surface area (Å²) in [5.41, 5.74) is 2.94. The van der Waals surface area contributed by atoms with Crippen LogP contribution in [0.3, 0.4) is 0 Å². The smallest absolute Gasteiger partial charge is 0.142 e. The summed E-state index contributed by atoms with van der Waals surface area (Å²) in [4.78, 5) is 0. The van der Waals surface area contributed by atoms with Crippen LogP contribution in [0.5, 0.6) is 0 Å². The van der Waals surface area contributed by atoms with Gasteiger partial charge in [-0.3, -0.25) is 0 Å². The van der Waals surface area contributed by atoms with Crippen molar-refractivity contribution < 1.29 is 4.39 Å². The maximum absolute atomic E-state index is 13.6. The molecule has 1 atom stereocenters. The van der Waals surface area contributed by atoms with E-state index in [-0.39, 0.29) is 11.1 Å². The molecule has 2 aromatic rings. The van der Waals surface area contributed by atoms with Gasteiger partial charge in [0.25, 0.3) is 0 Å². The number of nitrogens with one attached hydrogen (secondary N) is 1. The number of hydrogen-bond donors (Lipinski definition) is 1. The number of aryl methyl sites for hydroxylation is 1. The van der Waals surface area contributed by atoms with Crippen molar-refractivity contribution >= 4 is 28.9 Å². The van der Waals surface area contributed by atoms with Crippen LogP contribution in [-0.4, -0.2) is 0 Å². The van der Waals surface area contributed by atoms with Gasteiger partial charge in [-0.2, -0.15) is 0 Å². The minimum atomic E-state index is -0.455. The van der Waals surface area contributed by atoms with Crippen LogP contribution >= 0.6 is 23.2 Å². The fourth-order valence-corrected chi connectivity index (χ4v) is 2.70.